The van der Waals surface area contributed by atoms with Gasteiger partial charge >= 0.3 is 24.3 Å². The Kier molecular flexibility index (Phi) is 5.53. The lowest BCUT2D eigenvalue weighted by Gasteiger charge is -2.18. The number of carbonyl (C=O) groups is 3. The highest BCUT2D eigenvalue weighted by molar-refractivity contribution is 5.88. The number of amides is 1. The van der Waals surface area contributed by atoms with Crippen molar-refractivity contribution in [3.63, 3.8) is 0 Å². The van der Waals surface area contributed by atoms with Crippen LogP contribution in [0.4, 0.5) is 17.6 Å². The lowest BCUT2D eigenvalue weighted by atomic mass is 10.1. The summed E-state index contributed by atoms with van der Waals surface area (Å²) in [6, 6.07) is -1.97. The van der Waals surface area contributed by atoms with Crippen molar-refractivity contribution >= 4 is 17.8 Å². The number of halogens is 4. The molecule has 1 atom stereocenters. The second kappa shape index (κ2) is 6.17. The summed E-state index contributed by atoms with van der Waals surface area (Å²) in [5, 5.41) is 17.9. The second-order valence-electron chi connectivity index (χ2n) is 3.22. The third kappa shape index (κ3) is 4.55. The highest BCUT2D eigenvalue weighted by Crippen LogP contribution is 2.23. The van der Waals surface area contributed by atoms with E-state index in [1.165, 1.54) is 0 Å². The van der Waals surface area contributed by atoms with Crippen LogP contribution in [-0.4, -0.2) is 46.4 Å². The van der Waals surface area contributed by atoms with E-state index in [-0.39, 0.29) is 0 Å². The summed E-state index contributed by atoms with van der Waals surface area (Å²) < 4.78 is 48.5. The summed E-state index contributed by atoms with van der Waals surface area (Å²) in [4.78, 5) is 31.4. The maximum absolute atomic E-state index is 12.5. The molecule has 1 amide bonds. The fourth-order valence-electron chi connectivity index (χ4n) is 0.879. The van der Waals surface area contributed by atoms with Gasteiger partial charge < -0.3 is 15.5 Å². The molecule has 0 fully saturated rings. The van der Waals surface area contributed by atoms with E-state index in [0.29, 0.717) is 0 Å². The van der Waals surface area contributed by atoms with Gasteiger partial charge in [-0.3, -0.25) is 9.59 Å². The monoisotopic (exact) mass is 275 g/mol. The number of hydrogen-bond donors (Lipinski definition) is 3. The van der Waals surface area contributed by atoms with Crippen LogP contribution in [0.25, 0.3) is 0 Å². The first-order valence-corrected chi connectivity index (χ1v) is 4.50. The van der Waals surface area contributed by atoms with Crippen LogP contribution >= 0.6 is 0 Å². The van der Waals surface area contributed by atoms with E-state index in [4.69, 9.17) is 10.2 Å². The number of carbonyl (C=O) groups excluding carboxylic acids is 1. The predicted molar refractivity (Wildman–Crippen MR) is 47.4 cm³/mol. The van der Waals surface area contributed by atoms with Crippen LogP contribution in [0.3, 0.4) is 0 Å². The number of carboxylic acids is 2. The molecule has 0 bridgehead atoms. The van der Waals surface area contributed by atoms with Crippen molar-refractivity contribution in [2.45, 2.75) is 31.2 Å². The number of hydrogen-bond acceptors (Lipinski definition) is 3. The third-order valence-electron chi connectivity index (χ3n) is 1.83. The van der Waals surface area contributed by atoms with Crippen molar-refractivity contribution in [3.05, 3.63) is 0 Å². The molecule has 0 saturated heterocycles. The summed E-state index contributed by atoms with van der Waals surface area (Å²) in [6.07, 6.45) is -5.71. The smallest absolute Gasteiger partial charge is 0.383 e. The summed E-state index contributed by atoms with van der Waals surface area (Å²) in [6.45, 7) is 0. The van der Waals surface area contributed by atoms with Gasteiger partial charge in [0.25, 0.3) is 5.91 Å². The molecule has 0 aliphatic carbocycles. The maximum atomic E-state index is 12.5. The normalized spacial score (nSPS) is 13.2. The largest absolute Gasteiger partial charge is 0.481 e. The molecular formula is C8H9F4NO5. The fourth-order valence-corrected chi connectivity index (χ4v) is 0.879. The molecule has 0 unspecified atom stereocenters. The molecule has 0 aliphatic rings. The summed E-state index contributed by atoms with van der Waals surface area (Å²) >= 11 is 0. The van der Waals surface area contributed by atoms with Crippen molar-refractivity contribution in [1.29, 1.82) is 0 Å². The number of nitrogens with one attached hydrogen (secondary N) is 1. The van der Waals surface area contributed by atoms with Gasteiger partial charge in [0.15, 0.2) is 0 Å². The zero-order chi connectivity index (χ0) is 14.5. The van der Waals surface area contributed by atoms with Gasteiger partial charge in [-0.05, 0) is 6.42 Å². The predicted octanol–water partition coefficient (Wildman–Crippen LogP) is 0.321. The Labute approximate surface area is 97.6 Å². The Balaban J connectivity index is 4.65. The van der Waals surface area contributed by atoms with E-state index in [9.17, 15) is 31.9 Å². The molecule has 0 saturated carbocycles. The van der Waals surface area contributed by atoms with E-state index < -0.39 is 49.1 Å². The highest BCUT2D eigenvalue weighted by atomic mass is 19.3. The van der Waals surface area contributed by atoms with Crippen molar-refractivity contribution in [2.24, 2.45) is 0 Å². The lowest BCUT2D eigenvalue weighted by Crippen LogP contribution is -2.51. The van der Waals surface area contributed by atoms with Crippen molar-refractivity contribution in [3.8, 4) is 0 Å². The van der Waals surface area contributed by atoms with Gasteiger partial charge in [0.1, 0.15) is 6.04 Å². The van der Waals surface area contributed by atoms with Crippen molar-refractivity contribution in [1.82, 2.24) is 5.32 Å². The molecule has 0 aromatic carbocycles. The molecule has 0 rings (SSSR count). The molecule has 0 heterocycles. The van der Waals surface area contributed by atoms with Crippen LogP contribution in [0.15, 0.2) is 0 Å². The Morgan fingerprint density at radius 2 is 1.67 bits per heavy atom. The SMILES string of the molecule is O=C(O)CC[C@H](NC(=O)C(F)(F)C(F)F)C(=O)O. The minimum Gasteiger partial charge on any atom is -0.481 e. The van der Waals surface area contributed by atoms with Gasteiger partial charge in [-0.15, -0.1) is 0 Å². The molecule has 0 radical (unpaired) electrons. The van der Waals surface area contributed by atoms with Crippen LogP contribution < -0.4 is 5.32 Å². The van der Waals surface area contributed by atoms with Crippen molar-refractivity contribution in [2.75, 3.05) is 0 Å². The fraction of sp³-hybridized carbons (Fsp3) is 0.625. The van der Waals surface area contributed by atoms with Gasteiger partial charge in [0.2, 0.25) is 0 Å². The number of aliphatic carboxylic acids is 2. The summed E-state index contributed by atoms with van der Waals surface area (Å²) in [5.41, 5.74) is 0. The quantitative estimate of drug-likeness (QED) is 0.580. The molecule has 0 aromatic rings. The Morgan fingerprint density at radius 1 is 1.17 bits per heavy atom. The zero-order valence-corrected chi connectivity index (χ0v) is 8.70. The third-order valence-corrected chi connectivity index (χ3v) is 1.83. The zero-order valence-electron chi connectivity index (χ0n) is 8.70. The van der Waals surface area contributed by atoms with Crippen LogP contribution in [0.2, 0.25) is 0 Å². The van der Waals surface area contributed by atoms with Gasteiger partial charge in [0, 0.05) is 6.42 Å². The minimum atomic E-state index is -5.03. The molecule has 3 N–H and O–H groups in total. The Bertz CT molecular complexity index is 346. The molecule has 6 nitrogen and oxygen atoms in total. The van der Waals surface area contributed by atoms with E-state index in [1.54, 1.807) is 0 Å². The number of carboxylic acid groups (broad SMARTS) is 2. The van der Waals surface area contributed by atoms with Crippen LogP contribution in [0, 0.1) is 0 Å². The minimum absolute atomic E-state index is 0.699. The highest BCUT2D eigenvalue weighted by Gasteiger charge is 2.49. The van der Waals surface area contributed by atoms with Gasteiger partial charge in [-0.1, -0.05) is 0 Å². The molecule has 18 heavy (non-hydrogen) atoms. The Morgan fingerprint density at radius 3 is 2.00 bits per heavy atom. The molecule has 0 aliphatic heterocycles. The second-order valence-corrected chi connectivity index (χ2v) is 3.22. The van der Waals surface area contributed by atoms with E-state index in [1.807, 2.05) is 0 Å². The first-order chi connectivity index (χ1) is 8.09. The van der Waals surface area contributed by atoms with Crippen LogP contribution in [-0.2, 0) is 14.4 Å². The van der Waals surface area contributed by atoms with E-state index in [2.05, 4.69) is 0 Å². The molecule has 0 spiro atoms. The average Bonchev–Trinajstić information content (AvgIpc) is 2.22. The van der Waals surface area contributed by atoms with Crippen molar-refractivity contribution < 1.29 is 42.2 Å². The van der Waals surface area contributed by atoms with E-state index in [0.717, 1.165) is 5.32 Å². The standard InChI is InChI=1S/C8H9F4NO5/c9-6(10)8(11,12)7(18)13-3(5(16)17)1-2-4(14)15/h3,6H,1-2H2,(H,13,18)(H,14,15)(H,16,17)/t3-/m0/s1. The summed E-state index contributed by atoms with van der Waals surface area (Å²) in [5.74, 6) is -10.7. The number of alkyl halides is 4. The maximum Gasteiger partial charge on any atom is 0.383 e. The molecular weight excluding hydrogens is 266 g/mol. The summed E-state index contributed by atoms with van der Waals surface area (Å²) in [7, 11) is 0. The molecule has 0 aromatic heterocycles. The van der Waals surface area contributed by atoms with Crippen LogP contribution in [0.1, 0.15) is 12.8 Å². The first kappa shape index (κ1) is 16.1. The van der Waals surface area contributed by atoms with E-state index >= 15 is 0 Å². The van der Waals surface area contributed by atoms with Gasteiger partial charge in [-0.2, -0.15) is 8.78 Å². The first-order valence-electron chi connectivity index (χ1n) is 4.50. The van der Waals surface area contributed by atoms with Crippen LogP contribution in [0.5, 0.6) is 0 Å². The Hall–Kier alpha value is -1.87. The topological polar surface area (TPSA) is 104 Å². The van der Waals surface area contributed by atoms with Gasteiger partial charge in [-0.25, -0.2) is 13.6 Å². The lowest BCUT2D eigenvalue weighted by molar-refractivity contribution is -0.171. The van der Waals surface area contributed by atoms with Gasteiger partial charge in [0.05, 0.1) is 0 Å². The molecule has 10 heteroatoms. The average molecular weight is 275 g/mol. The number of rotatable bonds is 7. The molecule has 104 valence electrons.